The van der Waals surface area contributed by atoms with Gasteiger partial charge < -0.3 is 10.1 Å². The number of pyridine rings is 1. The van der Waals surface area contributed by atoms with Gasteiger partial charge >= 0.3 is 5.82 Å². The number of nitro groups is 1. The molecule has 1 rings (SSSR count). The molecule has 11 heavy (non-hydrogen) atoms. The summed E-state index contributed by atoms with van der Waals surface area (Å²) in [7, 11) is 0. The minimum absolute atomic E-state index is 0.0978. The molecule has 0 radical (unpaired) electrons. The van der Waals surface area contributed by atoms with E-state index in [9.17, 15) is 10.1 Å². The van der Waals surface area contributed by atoms with Gasteiger partial charge in [0, 0.05) is 21.5 Å². The lowest BCUT2D eigenvalue weighted by atomic mass is 10.3. The van der Waals surface area contributed by atoms with Crippen molar-refractivity contribution in [2.24, 2.45) is 0 Å². The van der Waals surface area contributed by atoms with E-state index in [-0.39, 0.29) is 5.82 Å². The SMILES string of the molecule is Cc1ccc(Br)nc1[N+](=O)[O-]. The number of aryl methyl sites for hydroxylation is 1. The summed E-state index contributed by atoms with van der Waals surface area (Å²) in [6.45, 7) is 1.65. The molecule has 1 aromatic rings. The first-order chi connectivity index (χ1) is 5.11. The molecule has 4 nitrogen and oxygen atoms in total. The molecular formula is C6H5BrN2O2. The molecule has 1 aromatic heterocycles. The second-order valence-corrected chi connectivity index (χ2v) is 2.84. The van der Waals surface area contributed by atoms with Crippen LogP contribution in [0.5, 0.6) is 0 Å². The Labute approximate surface area is 71.5 Å². The van der Waals surface area contributed by atoms with Crippen molar-refractivity contribution in [1.29, 1.82) is 0 Å². The van der Waals surface area contributed by atoms with Gasteiger partial charge in [-0.3, -0.25) is 0 Å². The van der Waals surface area contributed by atoms with E-state index in [0.29, 0.717) is 10.2 Å². The van der Waals surface area contributed by atoms with Crippen molar-refractivity contribution in [3.8, 4) is 0 Å². The average molecular weight is 217 g/mol. The summed E-state index contributed by atoms with van der Waals surface area (Å²) in [6.07, 6.45) is 0. The smallest absolute Gasteiger partial charge is 0.358 e. The fraction of sp³-hybridized carbons (Fsp3) is 0.167. The Balaban J connectivity index is 3.23. The Hall–Kier alpha value is -0.970. The van der Waals surface area contributed by atoms with Gasteiger partial charge in [-0.15, -0.1) is 0 Å². The standard InChI is InChI=1S/C6H5BrN2O2/c1-4-2-3-5(7)8-6(4)9(10)11/h2-3H,1H3. The molecule has 0 saturated carbocycles. The third-order valence-electron chi connectivity index (χ3n) is 1.21. The number of hydrogen-bond donors (Lipinski definition) is 0. The second kappa shape index (κ2) is 2.96. The van der Waals surface area contributed by atoms with Crippen molar-refractivity contribution in [3.05, 3.63) is 32.4 Å². The lowest BCUT2D eigenvalue weighted by Crippen LogP contribution is -1.94. The van der Waals surface area contributed by atoms with E-state index in [1.165, 1.54) is 0 Å². The van der Waals surface area contributed by atoms with Crippen molar-refractivity contribution >= 4 is 21.7 Å². The zero-order valence-electron chi connectivity index (χ0n) is 5.74. The molecule has 0 fully saturated rings. The Morgan fingerprint density at radius 2 is 2.27 bits per heavy atom. The lowest BCUT2D eigenvalue weighted by Gasteiger charge is -1.94. The molecule has 0 bridgehead atoms. The van der Waals surface area contributed by atoms with Crippen LogP contribution in [0.4, 0.5) is 5.82 Å². The summed E-state index contributed by atoms with van der Waals surface area (Å²) in [6, 6.07) is 3.32. The molecule has 0 saturated heterocycles. The van der Waals surface area contributed by atoms with Gasteiger partial charge in [0.15, 0.2) is 0 Å². The van der Waals surface area contributed by atoms with E-state index in [4.69, 9.17) is 0 Å². The summed E-state index contributed by atoms with van der Waals surface area (Å²) in [5.74, 6) is -0.0978. The van der Waals surface area contributed by atoms with Gasteiger partial charge in [-0.2, -0.15) is 0 Å². The second-order valence-electron chi connectivity index (χ2n) is 2.03. The highest BCUT2D eigenvalue weighted by Gasteiger charge is 2.11. The summed E-state index contributed by atoms with van der Waals surface area (Å²) in [5.41, 5.74) is 0.568. The first-order valence-corrected chi connectivity index (χ1v) is 3.68. The van der Waals surface area contributed by atoms with Crippen LogP contribution in [0.3, 0.4) is 0 Å². The molecule has 1 heterocycles. The quantitative estimate of drug-likeness (QED) is 0.411. The highest BCUT2D eigenvalue weighted by Crippen LogP contribution is 2.17. The largest absolute Gasteiger partial charge is 0.367 e. The molecule has 0 amide bonds. The van der Waals surface area contributed by atoms with Crippen molar-refractivity contribution in [1.82, 2.24) is 4.98 Å². The van der Waals surface area contributed by atoms with Gasteiger partial charge in [-0.25, -0.2) is 0 Å². The molecule has 0 atom stereocenters. The molecule has 0 unspecified atom stereocenters. The maximum atomic E-state index is 10.3. The van der Waals surface area contributed by atoms with Crippen LogP contribution in [0.15, 0.2) is 16.7 Å². The van der Waals surface area contributed by atoms with Gasteiger partial charge in [0.05, 0.1) is 0 Å². The molecule has 0 aliphatic carbocycles. The molecule has 0 aromatic carbocycles. The highest BCUT2D eigenvalue weighted by atomic mass is 79.9. The number of aromatic nitrogens is 1. The van der Waals surface area contributed by atoms with Gasteiger partial charge in [0.2, 0.25) is 4.60 Å². The Kier molecular flexibility index (Phi) is 2.19. The van der Waals surface area contributed by atoms with Crippen LogP contribution in [-0.2, 0) is 0 Å². The van der Waals surface area contributed by atoms with E-state index in [2.05, 4.69) is 20.9 Å². The van der Waals surface area contributed by atoms with Crippen LogP contribution in [0.25, 0.3) is 0 Å². The average Bonchev–Trinajstić information content (AvgIpc) is 1.94. The topological polar surface area (TPSA) is 56.0 Å². The van der Waals surface area contributed by atoms with Crippen LogP contribution in [-0.4, -0.2) is 9.91 Å². The zero-order valence-corrected chi connectivity index (χ0v) is 7.33. The Morgan fingerprint density at radius 3 is 2.73 bits per heavy atom. The third-order valence-corrected chi connectivity index (χ3v) is 1.65. The molecule has 0 spiro atoms. The van der Waals surface area contributed by atoms with E-state index >= 15 is 0 Å². The maximum absolute atomic E-state index is 10.3. The maximum Gasteiger partial charge on any atom is 0.367 e. The monoisotopic (exact) mass is 216 g/mol. The van der Waals surface area contributed by atoms with Gasteiger partial charge in [0.25, 0.3) is 0 Å². The summed E-state index contributed by atoms with van der Waals surface area (Å²) < 4.78 is 0.481. The number of nitrogens with zero attached hydrogens (tertiary/aromatic N) is 2. The fourth-order valence-electron chi connectivity index (χ4n) is 0.680. The number of halogens is 1. The van der Waals surface area contributed by atoms with Crippen LogP contribution in [0.2, 0.25) is 0 Å². The molecule has 5 heteroatoms. The zero-order chi connectivity index (χ0) is 8.43. The third kappa shape index (κ3) is 1.74. The Morgan fingerprint density at radius 1 is 1.64 bits per heavy atom. The first kappa shape index (κ1) is 8.13. The van der Waals surface area contributed by atoms with Crippen LogP contribution in [0, 0.1) is 17.0 Å². The van der Waals surface area contributed by atoms with Gasteiger partial charge in [-0.05, 0) is 29.0 Å². The minimum Gasteiger partial charge on any atom is -0.358 e. The van der Waals surface area contributed by atoms with Crippen LogP contribution >= 0.6 is 15.9 Å². The lowest BCUT2D eigenvalue weighted by molar-refractivity contribution is -0.390. The van der Waals surface area contributed by atoms with Gasteiger partial charge in [-0.1, -0.05) is 0 Å². The van der Waals surface area contributed by atoms with E-state index in [1.807, 2.05) is 0 Å². The predicted octanol–water partition coefficient (Wildman–Crippen LogP) is 2.06. The Bertz CT molecular complexity index is 301. The predicted molar refractivity (Wildman–Crippen MR) is 43.3 cm³/mol. The molecule has 0 aliphatic heterocycles. The van der Waals surface area contributed by atoms with Crippen LogP contribution in [0.1, 0.15) is 5.56 Å². The minimum atomic E-state index is -0.500. The summed E-state index contributed by atoms with van der Waals surface area (Å²) in [4.78, 5) is 13.5. The highest BCUT2D eigenvalue weighted by molar-refractivity contribution is 9.10. The summed E-state index contributed by atoms with van der Waals surface area (Å²) in [5, 5.41) is 10.3. The van der Waals surface area contributed by atoms with Gasteiger partial charge in [0.1, 0.15) is 0 Å². The molecule has 58 valence electrons. The van der Waals surface area contributed by atoms with E-state index < -0.39 is 4.92 Å². The molecular weight excluding hydrogens is 212 g/mol. The van der Waals surface area contributed by atoms with Crippen molar-refractivity contribution < 1.29 is 4.92 Å². The van der Waals surface area contributed by atoms with E-state index in [1.54, 1.807) is 19.1 Å². The molecule has 0 N–H and O–H groups in total. The van der Waals surface area contributed by atoms with E-state index in [0.717, 1.165) is 0 Å². The summed E-state index contributed by atoms with van der Waals surface area (Å²) >= 11 is 3.05. The molecule has 0 aliphatic rings. The number of rotatable bonds is 1. The number of hydrogen-bond acceptors (Lipinski definition) is 3. The van der Waals surface area contributed by atoms with Crippen molar-refractivity contribution in [2.75, 3.05) is 0 Å². The first-order valence-electron chi connectivity index (χ1n) is 2.89. The van der Waals surface area contributed by atoms with Crippen LogP contribution < -0.4 is 0 Å². The van der Waals surface area contributed by atoms with Crippen molar-refractivity contribution in [3.63, 3.8) is 0 Å². The fourth-order valence-corrected chi connectivity index (χ4v) is 0.980. The normalized spacial score (nSPS) is 9.64. The van der Waals surface area contributed by atoms with Crippen molar-refractivity contribution in [2.45, 2.75) is 6.92 Å².